The number of nitrogens with two attached hydrogens (primary N) is 1. The molecule has 0 aliphatic heterocycles. The summed E-state index contributed by atoms with van der Waals surface area (Å²) in [6.07, 6.45) is 0.633. The van der Waals surface area contributed by atoms with Crippen LogP contribution in [0.2, 0.25) is 0 Å². The van der Waals surface area contributed by atoms with E-state index in [1.807, 2.05) is 0 Å². The third-order valence-corrected chi connectivity index (χ3v) is 5.77. The van der Waals surface area contributed by atoms with Gasteiger partial charge in [-0.1, -0.05) is 12.1 Å². The molecule has 0 atom stereocenters. The van der Waals surface area contributed by atoms with E-state index in [0.29, 0.717) is 24.2 Å². The molecule has 0 saturated heterocycles. The van der Waals surface area contributed by atoms with E-state index < -0.39 is 10.0 Å². The summed E-state index contributed by atoms with van der Waals surface area (Å²) in [6.45, 7) is 1.15. The van der Waals surface area contributed by atoms with Gasteiger partial charge in [0.05, 0.1) is 16.5 Å². The highest BCUT2D eigenvalue weighted by Gasteiger charge is 2.14. The van der Waals surface area contributed by atoms with Crippen molar-refractivity contribution in [2.75, 3.05) is 26.8 Å². The maximum Gasteiger partial charge on any atom is 0.271 e. The standard InChI is InChI=1S/C16H22N4O4S2.ClH/c1-24-8-7-19-26(22,23)13-4-2-3-12(9-13)10-18-16(21)14-11-25-15(20-14)5-6-17;/h2-4,9,11,19H,5-8,10,17H2,1H3,(H,18,21);1H. The molecule has 0 aliphatic rings. The number of thiazole rings is 1. The predicted octanol–water partition coefficient (Wildman–Crippen LogP) is 0.921. The topological polar surface area (TPSA) is 123 Å². The third-order valence-electron chi connectivity index (χ3n) is 3.40. The molecule has 0 spiro atoms. The van der Waals surface area contributed by atoms with E-state index in [1.165, 1.54) is 30.6 Å². The number of hydrogen-bond acceptors (Lipinski definition) is 7. The van der Waals surface area contributed by atoms with E-state index in [0.717, 1.165) is 5.01 Å². The second-order valence-electron chi connectivity index (χ2n) is 5.39. The van der Waals surface area contributed by atoms with Crippen molar-refractivity contribution < 1.29 is 17.9 Å². The van der Waals surface area contributed by atoms with Crippen LogP contribution in [-0.4, -0.2) is 46.1 Å². The van der Waals surface area contributed by atoms with Gasteiger partial charge in [0.2, 0.25) is 10.0 Å². The van der Waals surface area contributed by atoms with Gasteiger partial charge >= 0.3 is 0 Å². The second-order valence-corrected chi connectivity index (χ2v) is 8.10. The number of nitrogens with zero attached hydrogens (tertiary/aromatic N) is 1. The normalized spacial score (nSPS) is 11.0. The smallest absolute Gasteiger partial charge is 0.271 e. The van der Waals surface area contributed by atoms with Crippen LogP contribution in [0.5, 0.6) is 0 Å². The number of sulfonamides is 1. The number of methoxy groups -OCH3 is 1. The van der Waals surface area contributed by atoms with Gasteiger partial charge in [0, 0.05) is 32.0 Å². The number of halogens is 1. The van der Waals surface area contributed by atoms with E-state index in [2.05, 4.69) is 15.0 Å². The Morgan fingerprint density at radius 3 is 2.85 bits per heavy atom. The molecule has 0 radical (unpaired) electrons. The molecule has 1 aromatic heterocycles. The monoisotopic (exact) mass is 434 g/mol. The zero-order valence-electron chi connectivity index (χ0n) is 14.8. The fourth-order valence-corrected chi connectivity index (χ4v) is 3.99. The minimum Gasteiger partial charge on any atom is -0.383 e. The number of carbonyl (C=O) groups excluding carboxylic acids is 1. The van der Waals surface area contributed by atoms with Crippen molar-refractivity contribution in [1.82, 2.24) is 15.0 Å². The van der Waals surface area contributed by atoms with Crippen LogP contribution in [0.3, 0.4) is 0 Å². The number of hydrogen-bond donors (Lipinski definition) is 3. The van der Waals surface area contributed by atoms with Gasteiger partial charge in [-0.05, 0) is 24.2 Å². The first-order valence-corrected chi connectivity index (χ1v) is 10.3. The van der Waals surface area contributed by atoms with Gasteiger partial charge in [-0.3, -0.25) is 4.79 Å². The number of ether oxygens (including phenoxy) is 1. The number of amides is 1. The first kappa shape index (κ1) is 23.5. The summed E-state index contributed by atoms with van der Waals surface area (Å²) in [5, 5.41) is 5.23. The van der Waals surface area contributed by atoms with Gasteiger partial charge in [-0.15, -0.1) is 23.7 Å². The fourth-order valence-electron chi connectivity index (χ4n) is 2.11. The number of nitrogens with one attached hydrogen (secondary N) is 2. The highest BCUT2D eigenvalue weighted by Crippen LogP contribution is 2.13. The van der Waals surface area contributed by atoms with Crippen LogP contribution in [0.15, 0.2) is 34.5 Å². The van der Waals surface area contributed by atoms with E-state index in [9.17, 15) is 13.2 Å². The SMILES string of the molecule is COCCNS(=O)(=O)c1cccc(CNC(=O)c2csc(CCN)n2)c1.Cl. The molecule has 0 aliphatic carbocycles. The minimum absolute atomic E-state index is 0. The van der Waals surface area contributed by atoms with Crippen molar-refractivity contribution in [2.45, 2.75) is 17.9 Å². The van der Waals surface area contributed by atoms with Crippen molar-refractivity contribution in [1.29, 1.82) is 0 Å². The zero-order valence-corrected chi connectivity index (χ0v) is 17.3. The van der Waals surface area contributed by atoms with Gasteiger partial charge < -0.3 is 15.8 Å². The summed E-state index contributed by atoms with van der Waals surface area (Å²) in [5.74, 6) is -0.309. The van der Waals surface area contributed by atoms with Gasteiger partial charge in [0.1, 0.15) is 5.69 Å². The average Bonchev–Trinajstić information content (AvgIpc) is 3.09. The van der Waals surface area contributed by atoms with Crippen molar-refractivity contribution in [2.24, 2.45) is 5.73 Å². The average molecular weight is 435 g/mol. The maximum absolute atomic E-state index is 12.2. The van der Waals surface area contributed by atoms with E-state index in [-0.39, 0.29) is 42.9 Å². The molecular weight excluding hydrogens is 412 g/mol. The van der Waals surface area contributed by atoms with E-state index in [1.54, 1.807) is 17.5 Å². The molecule has 1 amide bonds. The minimum atomic E-state index is -3.61. The number of aromatic nitrogens is 1. The van der Waals surface area contributed by atoms with Crippen LogP contribution in [0.25, 0.3) is 0 Å². The Morgan fingerprint density at radius 1 is 1.37 bits per heavy atom. The molecule has 4 N–H and O–H groups in total. The Bertz CT molecular complexity index is 842. The third kappa shape index (κ3) is 7.17. The number of rotatable bonds is 10. The molecule has 1 heterocycles. The maximum atomic E-state index is 12.2. The molecule has 11 heteroatoms. The highest BCUT2D eigenvalue weighted by atomic mass is 35.5. The summed E-state index contributed by atoms with van der Waals surface area (Å²) in [4.78, 5) is 16.5. The lowest BCUT2D eigenvalue weighted by atomic mass is 10.2. The summed E-state index contributed by atoms with van der Waals surface area (Å²) < 4.78 is 31.7. The van der Waals surface area contributed by atoms with Crippen LogP contribution >= 0.6 is 23.7 Å². The first-order chi connectivity index (χ1) is 12.5. The van der Waals surface area contributed by atoms with Gasteiger partial charge in [0.15, 0.2) is 0 Å². The Balaban J connectivity index is 0.00000364. The van der Waals surface area contributed by atoms with Crippen LogP contribution in [0.4, 0.5) is 0 Å². The van der Waals surface area contributed by atoms with Crippen LogP contribution in [0, 0.1) is 0 Å². The lowest BCUT2D eigenvalue weighted by Crippen LogP contribution is -2.27. The Hall–Kier alpha value is -1.56. The quantitative estimate of drug-likeness (QED) is 0.478. The Kier molecular flexibility index (Phi) is 9.84. The largest absolute Gasteiger partial charge is 0.383 e. The fraction of sp³-hybridized carbons (Fsp3) is 0.375. The van der Waals surface area contributed by atoms with Crippen LogP contribution in [-0.2, 0) is 27.7 Å². The molecule has 0 fully saturated rings. The predicted molar refractivity (Wildman–Crippen MR) is 107 cm³/mol. The molecule has 0 unspecified atom stereocenters. The lowest BCUT2D eigenvalue weighted by Gasteiger charge is -2.09. The highest BCUT2D eigenvalue weighted by molar-refractivity contribution is 7.89. The molecule has 2 aromatic rings. The van der Waals surface area contributed by atoms with Gasteiger partial charge in [-0.25, -0.2) is 18.1 Å². The van der Waals surface area contributed by atoms with Gasteiger partial charge in [-0.2, -0.15) is 0 Å². The summed E-state index contributed by atoms with van der Waals surface area (Å²) in [5.41, 5.74) is 6.48. The summed E-state index contributed by atoms with van der Waals surface area (Å²) in [6, 6.07) is 6.40. The Labute approximate surface area is 169 Å². The first-order valence-electron chi connectivity index (χ1n) is 7.96. The van der Waals surface area contributed by atoms with E-state index in [4.69, 9.17) is 10.5 Å². The lowest BCUT2D eigenvalue weighted by molar-refractivity contribution is 0.0946. The Morgan fingerprint density at radius 2 is 2.15 bits per heavy atom. The zero-order chi connectivity index (χ0) is 19.0. The molecule has 0 saturated carbocycles. The van der Waals surface area contributed by atoms with E-state index >= 15 is 0 Å². The molecular formula is C16H23ClN4O4S2. The molecule has 27 heavy (non-hydrogen) atoms. The molecule has 8 nitrogen and oxygen atoms in total. The van der Waals surface area contributed by atoms with Crippen LogP contribution < -0.4 is 15.8 Å². The van der Waals surface area contributed by atoms with Crippen molar-refractivity contribution in [3.63, 3.8) is 0 Å². The number of carbonyl (C=O) groups is 1. The number of benzene rings is 1. The van der Waals surface area contributed by atoms with Crippen LogP contribution in [0.1, 0.15) is 21.1 Å². The molecule has 1 aromatic carbocycles. The van der Waals surface area contributed by atoms with Gasteiger partial charge in [0.25, 0.3) is 5.91 Å². The second kappa shape index (κ2) is 11.3. The molecule has 150 valence electrons. The van der Waals surface area contributed by atoms with Crippen molar-refractivity contribution in [3.05, 3.63) is 45.9 Å². The summed E-state index contributed by atoms with van der Waals surface area (Å²) >= 11 is 1.39. The molecule has 0 bridgehead atoms. The van der Waals surface area contributed by atoms with Crippen molar-refractivity contribution in [3.8, 4) is 0 Å². The van der Waals surface area contributed by atoms with Crippen molar-refractivity contribution >= 4 is 39.7 Å². The molecule has 2 rings (SSSR count). The summed E-state index contributed by atoms with van der Waals surface area (Å²) in [7, 11) is -2.12.